The SMILES string of the molecule is NC(=NCC1(c2cccc(Cl)c2)CCOCC1)Nc1ccc2c(c1)OCCCO2. The molecule has 6 nitrogen and oxygen atoms in total. The number of guanidine groups is 1. The summed E-state index contributed by atoms with van der Waals surface area (Å²) < 4.78 is 17.0. The topological polar surface area (TPSA) is 78.1 Å². The maximum absolute atomic E-state index is 6.24. The van der Waals surface area contributed by atoms with Crippen LogP contribution in [-0.4, -0.2) is 38.9 Å². The van der Waals surface area contributed by atoms with Crippen LogP contribution in [0, 0.1) is 0 Å². The number of nitrogens with zero attached hydrogens (tertiary/aromatic N) is 1. The molecule has 0 spiro atoms. The Bertz CT molecular complexity index is 881. The summed E-state index contributed by atoms with van der Waals surface area (Å²) in [6, 6.07) is 13.7. The van der Waals surface area contributed by atoms with Crippen LogP contribution in [0.1, 0.15) is 24.8 Å². The molecule has 0 aromatic heterocycles. The lowest BCUT2D eigenvalue weighted by atomic mass is 9.74. The van der Waals surface area contributed by atoms with Crippen LogP contribution in [0.15, 0.2) is 47.5 Å². The number of nitrogens with one attached hydrogen (secondary N) is 1. The number of aliphatic imine (C=N–C) groups is 1. The van der Waals surface area contributed by atoms with Crippen molar-refractivity contribution in [1.82, 2.24) is 0 Å². The molecular weight excluding hydrogens is 390 g/mol. The Morgan fingerprint density at radius 1 is 1.03 bits per heavy atom. The lowest BCUT2D eigenvalue weighted by Gasteiger charge is -2.36. The molecule has 3 N–H and O–H groups in total. The van der Waals surface area contributed by atoms with Crippen molar-refractivity contribution in [2.75, 3.05) is 38.3 Å². The van der Waals surface area contributed by atoms with Crippen LogP contribution in [0.5, 0.6) is 11.5 Å². The average Bonchev–Trinajstić information content (AvgIpc) is 2.98. The molecule has 2 aromatic rings. The molecule has 1 saturated heterocycles. The van der Waals surface area contributed by atoms with E-state index in [-0.39, 0.29) is 5.41 Å². The van der Waals surface area contributed by atoms with E-state index in [4.69, 9.17) is 31.5 Å². The molecule has 0 bridgehead atoms. The normalized spacial score (nSPS) is 18.7. The first-order chi connectivity index (χ1) is 14.1. The highest BCUT2D eigenvalue weighted by Crippen LogP contribution is 2.36. The summed E-state index contributed by atoms with van der Waals surface area (Å²) in [4.78, 5) is 4.66. The van der Waals surface area contributed by atoms with Gasteiger partial charge in [0.15, 0.2) is 17.5 Å². The standard InChI is InChI=1S/C22H26ClN3O3/c23-17-4-1-3-16(13-17)22(7-11-27-12-8-22)15-25-21(24)26-18-5-6-19-20(14-18)29-10-2-9-28-19/h1,3-6,13-14H,2,7-12,15H2,(H3,24,25,26). The maximum Gasteiger partial charge on any atom is 0.193 e. The van der Waals surface area contributed by atoms with Crippen molar-refractivity contribution < 1.29 is 14.2 Å². The van der Waals surface area contributed by atoms with Gasteiger partial charge in [0.25, 0.3) is 0 Å². The molecule has 0 aliphatic carbocycles. The lowest BCUT2D eigenvalue weighted by Crippen LogP contribution is -2.38. The van der Waals surface area contributed by atoms with Gasteiger partial charge in [0, 0.05) is 41.8 Å². The Morgan fingerprint density at radius 3 is 2.62 bits per heavy atom. The zero-order valence-corrected chi connectivity index (χ0v) is 17.1. The fourth-order valence-corrected chi connectivity index (χ4v) is 3.97. The van der Waals surface area contributed by atoms with Crippen LogP contribution in [0.2, 0.25) is 5.02 Å². The molecule has 2 aliphatic rings. The van der Waals surface area contributed by atoms with Crippen LogP contribution >= 0.6 is 11.6 Å². The summed E-state index contributed by atoms with van der Waals surface area (Å²) >= 11 is 6.24. The maximum atomic E-state index is 6.24. The first-order valence-electron chi connectivity index (χ1n) is 9.95. The van der Waals surface area contributed by atoms with E-state index in [0.717, 1.165) is 41.5 Å². The van der Waals surface area contributed by atoms with E-state index in [1.165, 1.54) is 5.56 Å². The number of halogens is 1. The van der Waals surface area contributed by atoms with Gasteiger partial charge in [0.05, 0.1) is 19.8 Å². The molecular formula is C22H26ClN3O3. The third-order valence-corrected chi connectivity index (χ3v) is 5.69. The Kier molecular flexibility index (Phi) is 6.11. The van der Waals surface area contributed by atoms with Gasteiger partial charge < -0.3 is 25.3 Å². The molecule has 0 saturated carbocycles. The second-order valence-electron chi connectivity index (χ2n) is 7.44. The fraction of sp³-hybridized carbons (Fsp3) is 0.409. The molecule has 2 heterocycles. The number of ether oxygens (including phenoxy) is 3. The van der Waals surface area contributed by atoms with Gasteiger partial charge in [-0.3, -0.25) is 4.99 Å². The van der Waals surface area contributed by atoms with Crippen molar-refractivity contribution in [3.63, 3.8) is 0 Å². The van der Waals surface area contributed by atoms with Gasteiger partial charge in [-0.1, -0.05) is 23.7 Å². The minimum atomic E-state index is -0.125. The average molecular weight is 416 g/mol. The van der Waals surface area contributed by atoms with E-state index in [2.05, 4.69) is 16.4 Å². The summed E-state index contributed by atoms with van der Waals surface area (Å²) in [5.41, 5.74) is 8.08. The largest absolute Gasteiger partial charge is 0.490 e. The Hall–Kier alpha value is -2.44. The highest BCUT2D eigenvalue weighted by atomic mass is 35.5. The predicted octanol–water partition coefficient (Wildman–Crippen LogP) is 3.98. The van der Waals surface area contributed by atoms with Gasteiger partial charge in [0.2, 0.25) is 0 Å². The third kappa shape index (κ3) is 4.77. The number of anilines is 1. The zero-order chi connectivity index (χ0) is 20.1. The number of hydrogen-bond acceptors (Lipinski definition) is 4. The summed E-state index contributed by atoms with van der Waals surface area (Å²) in [6.07, 6.45) is 2.64. The molecule has 0 unspecified atom stereocenters. The zero-order valence-electron chi connectivity index (χ0n) is 16.3. The monoisotopic (exact) mass is 415 g/mol. The predicted molar refractivity (Wildman–Crippen MR) is 115 cm³/mol. The molecule has 4 rings (SSSR count). The molecule has 2 aromatic carbocycles. The van der Waals surface area contributed by atoms with Crippen molar-refractivity contribution in [3.05, 3.63) is 53.1 Å². The van der Waals surface area contributed by atoms with Crippen LogP contribution in [0.3, 0.4) is 0 Å². The number of hydrogen-bond donors (Lipinski definition) is 2. The van der Waals surface area contributed by atoms with Crippen LogP contribution < -0.4 is 20.5 Å². The van der Waals surface area contributed by atoms with E-state index in [1.54, 1.807) is 0 Å². The molecule has 154 valence electrons. The summed E-state index contributed by atoms with van der Waals surface area (Å²) in [5.74, 6) is 1.85. The Balaban J connectivity index is 1.50. The Morgan fingerprint density at radius 2 is 1.83 bits per heavy atom. The van der Waals surface area contributed by atoms with E-state index < -0.39 is 0 Å². The van der Waals surface area contributed by atoms with Crippen molar-refractivity contribution in [2.45, 2.75) is 24.7 Å². The summed E-state index contributed by atoms with van der Waals surface area (Å²) in [5, 5.41) is 3.90. The first kappa shape index (κ1) is 19.9. The van der Waals surface area contributed by atoms with Gasteiger partial charge in [0.1, 0.15) is 0 Å². The first-order valence-corrected chi connectivity index (χ1v) is 10.3. The third-order valence-electron chi connectivity index (χ3n) is 5.46. The second kappa shape index (κ2) is 8.93. The van der Waals surface area contributed by atoms with Crippen LogP contribution in [0.25, 0.3) is 0 Å². The molecule has 0 atom stereocenters. The highest BCUT2D eigenvalue weighted by Gasteiger charge is 2.34. The minimum Gasteiger partial charge on any atom is -0.490 e. The van der Waals surface area contributed by atoms with Gasteiger partial charge in [-0.25, -0.2) is 0 Å². The molecule has 0 amide bonds. The molecule has 1 fully saturated rings. The summed E-state index contributed by atoms with van der Waals surface area (Å²) in [6.45, 7) is 3.29. The lowest BCUT2D eigenvalue weighted by molar-refractivity contribution is 0.0531. The van der Waals surface area contributed by atoms with E-state index in [9.17, 15) is 0 Å². The number of benzene rings is 2. The fourth-order valence-electron chi connectivity index (χ4n) is 3.78. The van der Waals surface area contributed by atoms with Crippen LogP contribution in [-0.2, 0) is 10.2 Å². The molecule has 0 radical (unpaired) electrons. The Labute approximate surface area is 176 Å². The smallest absolute Gasteiger partial charge is 0.193 e. The molecule has 29 heavy (non-hydrogen) atoms. The van der Waals surface area contributed by atoms with Crippen molar-refractivity contribution in [3.8, 4) is 11.5 Å². The molecule has 7 heteroatoms. The van der Waals surface area contributed by atoms with Crippen LogP contribution in [0.4, 0.5) is 5.69 Å². The van der Waals surface area contributed by atoms with E-state index >= 15 is 0 Å². The van der Waals surface area contributed by atoms with Crippen molar-refractivity contribution in [1.29, 1.82) is 0 Å². The van der Waals surface area contributed by atoms with Gasteiger partial charge in [-0.2, -0.15) is 0 Å². The van der Waals surface area contributed by atoms with Crippen molar-refractivity contribution >= 4 is 23.2 Å². The number of fused-ring (bicyclic) bond motifs is 1. The summed E-state index contributed by atoms with van der Waals surface area (Å²) in [7, 11) is 0. The van der Waals surface area contributed by atoms with Crippen molar-refractivity contribution in [2.24, 2.45) is 10.7 Å². The number of rotatable bonds is 4. The quantitative estimate of drug-likeness (QED) is 0.583. The van der Waals surface area contributed by atoms with E-state index in [1.807, 2.05) is 36.4 Å². The van der Waals surface area contributed by atoms with Gasteiger partial charge in [-0.05, 0) is 42.7 Å². The number of nitrogens with two attached hydrogens (primary N) is 1. The highest BCUT2D eigenvalue weighted by molar-refractivity contribution is 6.30. The van der Waals surface area contributed by atoms with E-state index in [0.29, 0.717) is 38.9 Å². The second-order valence-corrected chi connectivity index (χ2v) is 7.88. The minimum absolute atomic E-state index is 0.125. The van der Waals surface area contributed by atoms with Gasteiger partial charge >= 0.3 is 0 Å². The van der Waals surface area contributed by atoms with Gasteiger partial charge in [-0.15, -0.1) is 0 Å². The molecule has 2 aliphatic heterocycles.